The van der Waals surface area contributed by atoms with Gasteiger partial charge < -0.3 is 14.2 Å². The van der Waals surface area contributed by atoms with Crippen LogP contribution in [-0.4, -0.2) is 34.3 Å². The maximum atomic E-state index is 11.0. The molecule has 0 aliphatic heterocycles. The number of ether oxygens (including phenoxy) is 3. The van der Waals surface area contributed by atoms with E-state index in [-0.39, 0.29) is 51.7 Å². The topological polar surface area (TPSA) is 82.1 Å². The average Bonchev–Trinajstić information content (AvgIpc) is 2.25. The predicted molar refractivity (Wildman–Crippen MR) is 55.9 cm³/mol. The van der Waals surface area contributed by atoms with Crippen molar-refractivity contribution in [1.82, 2.24) is 0 Å². The summed E-state index contributed by atoms with van der Waals surface area (Å²) in [4.78, 5) is -0.318. The third kappa shape index (κ3) is 3.75. The molecule has 0 aromatic heterocycles. The Hall–Kier alpha value is -0.470. The normalized spacial score (nSPS) is 10.4. The fraction of sp³-hybridized carbons (Fsp3) is 0.333. The Kier molecular flexibility index (Phi) is 6.28. The van der Waals surface area contributed by atoms with Gasteiger partial charge in [0.25, 0.3) is 10.1 Å². The number of hydrogen-bond acceptors (Lipinski definition) is 5. The molecule has 0 atom stereocenters. The van der Waals surface area contributed by atoms with Crippen LogP contribution in [0.3, 0.4) is 0 Å². The van der Waals surface area contributed by atoms with Crippen LogP contribution in [0.2, 0.25) is 0 Å². The third-order valence-electron chi connectivity index (χ3n) is 1.94. The first-order valence-corrected chi connectivity index (χ1v) is 5.65. The summed E-state index contributed by atoms with van der Waals surface area (Å²) in [6.07, 6.45) is 0. The summed E-state index contributed by atoms with van der Waals surface area (Å²) in [5.74, 6) is 0.585. The van der Waals surface area contributed by atoms with Gasteiger partial charge in [-0.15, -0.1) is 0 Å². The standard InChI is InChI=1S/C9H12O6S.Na/c1-13-7-4-6(16(10,11)12)5-8(14-2)9(7)15-3;/h4-5H,1-3H3,(H,10,11,12);/q;+1. The zero-order chi connectivity index (χ0) is 12.3. The largest absolute Gasteiger partial charge is 1.00 e. The molecular formula is C9H12NaO6S+. The zero-order valence-electron chi connectivity index (χ0n) is 10.1. The molecule has 0 bridgehead atoms. The van der Waals surface area contributed by atoms with Gasteiger partial charge in [0.05, 0.1) is 21.3 Å². The zero-order valence-corrected chi connectivity index (χ0v) is 12.9. The minimum atomic E-state index is -4.31. The van der Waals surface area contributed by atoms with E-state index in [1.54, 1.807) is 0 Å². The van der Waals surface area contributed by atoms with E-state index in [2.05, 4.69) is 0 Å². The van der Waals surface area contributed by atoms with Crippen molar-refractivity contribution in [2.24, 2.45) is 0 Å². The van der Waals surface area contributed by atoms with Crippen LogP contribution in [0.4, 0.5) is 0 Å². The second-order valence-corrected chi connectivity index (χ2v) is 4.26. The second-order valence-electron chi connectivity index (χ2n) is 2.84. The fourth-order valence-corrected chi connectivity index (χ4v) is 1.72. The van der Waals surface area contributed by atoms with E-state index in [1.807, 2.05) is 0 Å². The van der Waals surface area contributed by atoms with Gasteiger partial charge in [-0.05, 0) is 0 Å². The molecule has 0 radical (unpaired) electrons. The smallest absolute Gasteiger partial charge is 0.493 e. The van der Waals surface area contributed by atoms with Crippen LogP contribution in [-0.2, 0) is 10.1 Å². The number of rotatable bonds is 4. The van der Waals surface area contributed by atoms with Crippen LogP contribution in [0.15, 0.2) is 17.0 Å². The van der Waals surface area contributed by atoms with Crippen LogP contribution in [0.1, 0.15) is 0 Å². The molecule has 0 saturated carbocycles. The van der Waals surface area contributed by atoms with Gasteiger partial charge in [-0.25, -0.2) is 0 Å². The molecule has 1 aromatic rings. The molecule has 0 aliphatic rings. The minimum Gasteiger partial charge on any atom is -0.493 e. The van der Waals surface area contributed by atoms with Crippen molar-refractivity contribution in [1.29, 1.82) is 0 Å². The molecule has 6 nitrogen and oxygen atoms in total. The Balaban J connectivity index is 0.00000256. The molecule has 8 heteroatoms. The summed E-state index contributed by atoms with van der Waals surface area (Å²) < 4.78 is 45.7. The fourth-order valence-electron chi connectivity index (χ4n) is 1.21. The number of benzene rings is 1. The van der Waals surface area contributed by atoms with E-state index in [4.69, 9.17) is 18.8 Å². The molecule has 0 saturated heterocycles. The molecule has 1 aromatic carbocycles. The average molecular weight is 271 g/mol. The molecule has 0 amide bonds. The van der Waals surface area contributed by atoms with Crippen LogP contribution in [0, 0.1) is 0 Å². The van der Waals surface area contributed by atoms with E-state index in [1.165, 1.54) is 21.3 Å². The van der Waals surface area contributed by atoms with E-state index in [0.29, 0.717) is 0 Å². The molecule has 17 heavy (non-hydrogen) atoms. The van der Waals surface area contributed by atoms with Gasteiger partial charge in [0.2, 0.25) is 5.75 Å². The first-order chi connectivity index (χ1) is 7.43. The van der Waals surface area contributed by atoms with Gasteiger partial charge in [0.1, 0.15) is 4.90 Å². The molecule has 1 rings (SSSR count). The van der Waals surface area contributed by atoms with Gasteiger partial charge in [0.15, 0.2) is 11.5 Å². The second kappa shape index (κ2) is 6.46. The van der Waals surface area contributed by atoms with Crippen molar-refractivity contribution in [2.75, 3.05) is 21.3 Å². The Morgan fingerprint density at radius 1 is 1.00 bits per heavy atom. The van der Waals surface area contributed by atoms with E-state index >= 15 is 0 Å². The molecule has 0 aliphatic carbocycles. The Morgan fingerprint density at radius 2 is 1.41 bits per heavy atom. The summed E-state index contributed by atoms with van der Waals surface area (Å²) >= 11 is 0. The van der Waals surface area contributed by atoms with Crippen LogP contribution in [0.25, 0.3) is 0 Å². The molecule has 0 unspecified atom stereocenters. The summed E-state index contributed by atoms with van der Waals surface area (Å²) in [5, 5.41) is 0. The van der Waals surface area contributed by atoms with Gasteiger partial charge >= 0.3 is 29.6 Å². The maximum absolute atomic E-state index is 11.0. The van der Waals surface area contributed by atoms with Crippen molar-refractivity contribution in [3.8, 4) is 17.2 Å². The van der Waals surface area contributed by atoms with Crippen molar-refractivity contribution in [2.45, 2.75) is 4.90 Å². The van der Waals surface area contributed by atoms with Crippen molar-refractivity contribution in [3.63, 3.8) is 0 Å². The van der Waals surface area contributed by atoms with Crippen molar-refractivity contribution >= 4 is 10.1 Å². The van der Waals surface area contributed by atoms with Crippen LogP contribution >= 0.6 is 0 Å². The van der Waals surface area contributed by atoms with Crippen LogP contribution in [0.5, 0.6) is 17.2 Å². The van der Waals surface area contributed by atoms with Crippen LogP contribution < -0.4 is 43.8 Å². The minimum absolute atomic E-state index is 0. The molecule has 90 valence electrons. The third-order valence-corrected chi connectivity index (χ3v) is 2.77. The van der Waals surface area contributed by atoms with E-state index in [0.717, 1.165) is 12.1 Å². The van der Waals surface area contributed by atoms with E-state index < -0.39 is 10.1 Å². The quantitative estimate of drug-likeness (QED) is 0.502. The van der Waals surface area contributed by atoms with E-state index in [9.17, 15) is 8.42 Å². The number of methoxy groups -OCH3 is 3. The molecular weight excluding hydrogens is 259 g/mol. The predicted octanol–water partition coefficient (Wildman–Crippen LogP) is -2.04. The van der Waals surface area contributed by atoms with Gasteiger partial charge in [0, 0.05) is 12.1 Å². The van der Waals surface area contributed by atoms with Gasteiger partial charge in [-0.2, -0.15) is 8.42 Å². The molecule has 1 N–H and O–H groups in total. The maximum Gasteiger partial charge on any atom is 1.00 e. The Labute approximate surface area is 122 Å². The summed E-state index contributed by atoms with van der Waals surface area (Å²) in [7, 11) is -0.208. The van der Waals surface area contributed by atoms with Crippen molar-refractivity contribution in [3.05, 3.63) is 12.1 Å². The molecule has 0 spiro atoms. The number of hydrogen-bond donors (Lipinski definition) is 1. The Morgan fingerprint density at radius 3 is 1.65 bits per heavy atom. The summed E-state index contributed by atoms with van der Waals surface area (Å²) in [6, 6.07) is 2.30. The first kappa shape index (κ1) is 16.5. The molecule has 0 fully saturated rings. The van der Waals surface area contributed by atoms with Crippen molar-refractivity contribution < 1.29 is 56.7 Å². The monoisotopic (exact) mass is 271 g/mol. The SMILES string of the molecule is COc1cc(S(=O)(=O)O)cc(OC)c1OC.[Na+]. The first-order valence-electron chi connectivity index (χ1n) is 4.21. The Bertz CT molecular complexity index is 459. The van der Waals surface area contributed by atoms with Gasteiger partial charge in [-0.3, -0.25) is 4.55 Å². The van der Waals surface area contributed by atoms with Gasteiger partial charge in [-0.1, -0.05) is 0 Å². The summed E-state index contributed by atoms with van der Waals surface area (Å²) in [6.45, 7) is 0. The molecule has 0 heterocycles. The summed E-state index contributed by atoms with van der Waals surface area (Å²) in [5.41, 5.74) is 0.